The van der Waals surface area contributed by atoms with Gasteiger partial charge in [0.2, 0.25) is 5.91 Å². The van der Waals surface area contributed by atoms with Crippen LogP contribution in [0.2, 0.25) is 10.0 Å². The Morgan fingerprint density at radius 1 is 1.56 bits per heavy atom. The first kappa shape index (κ1) is 17.7. The zero-order chi connectivity index (χ0) is 19.1. The van der Waals surface area contributed by atoms with E-state index in [-0.39, 0.29) is 18.6 Å². The minimum absolute atomic E-state index is 0.0360. The SMILES string of the molecule is CC(=O)N[C@H]1Cc2c(-c3cn[nH]c3)c3c(OCC#N)cc(Cl)c(Cl)c3n2C1. The van der Waals surface area contributed by atoms with Crippen LogP contribution in [0.1, 0.15) is 12.6 Å². The van der Waals surface area contributed by atoms with Crippen molar-refractivity contribution >= 4 is 40.0 Å². The third kappa shape index (κ3) is 2.91. The number of aromatic nitrogens is 3. The summed E-state index contributed by atoms with van der Waals surface area (Å²) < 4.78 is 7.71. The quantitative estimate of drug-likeness (QED) is 0.698. The predicted molar refractivity (Wildman–Crippen MR) is 102 cm³/mol. The number of carbonyl (C=O) groups excluding carboxylic acids is 1. The number of carbonyl (C=O) groups is 1. The smallest absolute Gasteiger partial charge is 0.217 e. The van der Waals surface area contributed by atoms with E-state index in [0.29, 0.717) is 28.8 Å². The molecule has 2 N–H and O–H groups in total. The molecule has 7 nitrogen and oxygen atoms in total. The molecule has 27 heavy (non-hydrogen) atoms. The van der Waals surface area contributed by atoms with Crippen molar-refractivity contribution < 1.29 is 9.53 Å². The van der Waals surface area contributed by atoms with Crippen LogP contribution in [0, 0.1) is 11.3 Å². The molecule has 9 heteroatoms. The van der Waals surface area contributed by atoms with E-state index in [2.05, 4.69) is 20.1 Å². The number of ether oxygens (including phenoxy) is 1. The van der Waals surface area contributed by atoms with E-state index in [9.17, 15) is 4.79 Å². The van der Waals surface area contributed by atoms with E-state index in [0.717, 1.165) is 27.7 Å². The van der Waals surface area contributed by atoms with Gasteiger partial charge in [0, 0.05) is 49.0 Å². The fourth-order valence-electron chi connectivity index (χ4n) is 3.74. The van der Waals surface area contributed by atoms with Gasteiger partial charge in [0.25, 0.3) is 0 Å². The second kappa shape index (κ2) is 6.80. The van der Waals surface area contributed by atoms with Crippen LogP contribution in [-0.2, 0) is 17.8 Å². The molecule has 1 aliphatic rings. The number of H-pyrrole nitrogens is 1. The van der Waals surface area contributed by atoms with Gasteiger partial charge in [-0.3, -0.25) is 9.89 Å². The van der Waals surface area contributed by atoms with Gasteiger partial charge in [0.05, 0.1) is 33.2 Å². The zero-order valence-corrected chi connectivity index (χ0v) is 15.9. The summed E-state index contributed by atoms with van der Waals surface area (Å²) in [5.41, 5.74) is 3.53. The summed E-state index contributed by atoms with van der Waals surface area (Å²) in [5, 5.41) is 20.3. The zero-order valence-electron chi connectivity index (χ0n) is 14.3. The van der Waals surface area contributed by atoms with Gasteiger partial charge in [-0.25, -0.2) is 0 Å². The lowest BCUT2D eigenvalue weighted by atomic mass is 10.0. The van der Waals surface area contributed by atoms with Crippen molar-refractivity contribution in [2.45, 2.75) is 25.9 Å². The molecule has 3 heterocycles. The average molecular weight is 404 g/mol. The normalized spacial score (nSPS) is 15.6. The fraction of sp³-hybridized carbons (Fsp3) is 0.278. The van der Waals surface area contributed by atoms with Crippen molar-refractivity contribution in [3.05, 3.63) is 34.2 Å². The molecule has 1 aliphatic heterocycles. The number of nitrogens with one attached hydrogen (secondary N) is 2. The monoisotopic (exact) mass is 403 g/mol. The molecule has 0 radical (unpaired) electrons. The highest BCUT2D eigenvalue weighted by Crippen LogP contribution is 2.47. The Kier molecular flexibility index (Phi) is 4.46. The molecule has 1 atom stereocenters. The summed E-state index contributed by atoms with van der Waals surface area (Å²) in [4.78, 5) is 11.5. The average Bonchev–Trinajstić information content (AvgIpc) is 3.31. The van der Waals surface area contributed by atoms with Crippen molar-refractivity contribution in [3.63, 3.8) is 0 Å². The van der Waals surface area contributed by atoms with Gasteiger partial charge in [-0.15, -0.1) is 0 Å². The Balaban J connectivity index is 1.99. The Bertz CT molecular complexity index is 1080. The molecule has 4 rings (SSSR count). The third-order valence-corrected chi connectivity index (χ3v) is 5.40. The predicted octanol–water partition coefficient (Wildman–Crippen LogP) is 3.30. The largest absolute Gasteiger partial charge is 0.478 e. The number of aromatic amines is 1. The number of hydrogen-bond acceptors (Lipinski definition) is 4. The minimum atomic E-state index is -0.104. The standard InChI is InChI=1S/C18H15Cl2N5O2/c1-9(26)24-11-4-13-15(10-6-22-23-7-10)16-14(27-3-2-21)5-12(19)17(20)18(16)25(13)8-11/h5-7,11H,3-4,8H2,1H3,(H,22,23)(H,24,26)/t11-/m0/s1. The van der Waals surface area contributed by atoms with E-state index < -0.39 is 0 Å². The van der Waals surface area contributed by atoms with Crippen molar-refractivity contribution in [1.82, 2.24) is 20.1 Å². The van der Waals surface area contributed by atoms with Crippen LogP contribution in [0.25, 0.3) is 22.0 Å². The van der Waals surface area contributed by atoms with Gasteiger partial charge < -0.3 is 14.6 Å². The summed E-state index contributed by atoms with van der Waals surface area (Å²) in [6, 6.07) is 3.57. The van der Waals surface area contributed by atoms with E-state index >= 15 is 0 Å². The number of benzene rings is 1. The molecule has 0 spiro atoms. The van der Waals surface area contributed by atoms with Crippen molar-refractivity contribution in [2.75, 3.05) is 6.61 Å². The van der Waals surface area contributed by atoms with Crippen LogP contribution in [0.4, 0.5) is 0 Å². The van der Waals surface area contributed by atoms with Gasteiger partial charge >= 0.3 is 0 Å². The molecule has 0 aliphatic carbocycles. The number of nitriles is 1. The van der Waals surface area contributed by atoms with E-state index in [1.807, 2.05) is 6.07 Å². The molecular formula is C18H15Cl2N5O2. The fourth-order valence-corrected chi connectivity index (χ4v) is 4.18. The summed E-state index contributed by atoms with van der Waals surface area (Å²) in [6.45, 7) is 1.97. The Morgan fingerprint density at radius 2 is 2.37 bits per heavy atom. The van der Waals surface area contributed by atoms with Crippen LogP contribution in [0.5, 0.6) is 5.75 Å². The molecule has 1 aromatic carbocycles. The highest BCUT2D eigenvalue weighted by atomic mass is 35.5. The summed E-state index contributed by atoms with van der Waals surface area (Å²) in [6.07, 6.45) is 4.15. The highest BCUT2D eigenvalue weighted by Gasteiger charge is 2.32. The summed E-state index contributed by atoms with van der Waals surface area (Å²) in [7, 11) is 0. The van der Waals surface area contributed by atoms with Gasteiger partial charge in [0.15, 0.2) is 6.61 Å². The molecule has 138 valence electrons. The Hall–Kier alpha value is -2.69. The second-order valence-electron chi connectivity index (χ2n) is 6.36. The molecule has 2 aromatic heterocycles. The van der Waals surface area contributed by atoms with Crippen molar-refractivity contribution in [2.24, 2.45) is 0 Å². The lowest BCUT2D eigenvalue weighted by Gasteiger charge is -2.13. The van der Waals surface area contributed by atoms with Gasteiger partial charge in [-0.1, -0.05) is 23.2 Å². The first-order valence-electron chi connectivity index (χ1n) is 8.30. The summed E-state index contributed by atoms with van der Waals surface area (Å²) >= 11 is 12.9. The van der Waals surface area contributed by atoms with Crippen LogP contribution in [0.15, 0.2) is 18.5 Å². The lowest BCUT2D eigenvalue weighted by Crippen LogP contribution is -2.34. The van der Waals surface area contributed by atoms with Crippen LogP contribution >= 0.6 is 23.2 Å². The maximum atomic E-state index is 11.5. The van der Waals surface area contributed by atoms with Crippen LogP contribution in [0.3, 0.4) is 0 Å². The Morgan fingerprint density at radius 3 is 3.04 bits per heavy atom. The number of nitrogens with zero attached hydrogens (tertiary/aromatic N) is 3. The number of fused-ring (bicyclic) bond motifs is 3. The highest BCUT2D eigenvalue weighted by molar-refractivity contribution is 6.45. The number of amides is 1. The van der Waals surface area contributed by atoms with Crippen LogP contribution in [-0.4, -0.2) is 33.3 Å². The van der Waals surface area contributed by atoms with Crippen molar-refractivity contribution in [1.29, 1.82) is 5.26 Å². The third-order valence-electron chi connectivity index (χ3n) is 4.62. The number of halogens is 2. The number of hydrogen-bond donors (Lipinski definition) is 2. The second-order valence-corrected chi connectivity index (χ2v) is 7.15. The molecule has 0 saturated carbocycles. The molecule has 0 saturated heterocycles. The lowest BCUT2D eigenvalue weighted by molar-refractivity contribution is -0.119. The maximum Gasteiger partial charge on any atom is 0.217 e. The number of rotatable bonds is 4. The topological polar surface area (TPSA) is 95.7 Å². The first-order valence-corrected chi connectivity index (χ1v) is 9.06. The van der Waals surface area contributed by atoms with E-state index in [1.165, 1.54) is 6.92 Å². The maximum absolute atomic E-state index is 11.5. The first-order chi connectivity index (χ1) is 13.0. The molecule has 0 fully saturated rings. The minimum Gasteiger partial charge on any atom is -0.478 e. The Labute approximate surface area is 164 Å². The summed E-state index contributed by atoms with van der Waals surface area (Å²) in [5.74, 6) is 0.414. The molecular weight excluding hydrogens is 389 g/mol. The van der Waals surface area contributed by atoms with Gasteiger partial charge in [0.1, 0.15) is 11.8 Å². The molecule has 0 unspecified atom stereocenters. The molecule has 1 amide bonds. The van der Waals surface area contributed by atoms with Crippen molar-refractivity contribution in [3.8, 4) is 22.9 Å². The van der Waals surface area contributed by atoms with E-state index in [4.69, 9.17) is 33.2 Å². The van der Waals surface area contributed by atoms with Gasteiger partial charge in [-0.2, -0.15) is 10.4 Å². The molecule has 0 bridgehead atoms. The van der Waals surface area contributed by atoms with E-state index in [1.54, 1.807) is 18.5 Å². The molecule has 3 aromatic rings. The van der Waals surface area contributed by atoms with Crippen LogP contribution < -0.4 is 10.1 Å². The van der Waals surface area contributed by atoms with Gasteiger partial charge in [-0.05, 0) is 0 Å².